The summed E-state index contributed by atoms with van der Waals surface area (Å²) in [6, 6.07) is 11.1. The summed E-state index contributed by atoms with van der Waals surface area (Å²) in [4.78, 5) is 0. The highest BCUT2D eigenvalue weighted by molar-refractivity contribution is 5.63. The molecule has 0 aliphatic heterocycles. The van der Waals surface area contributed by atoms with E-state index in [0.29, 0.717) is 11.4 Å². The van der Waals surface area contributed by atoms with E-state index in [9.17, 15) is 0 Å². The Morgan fingerprint density at radius 1 is 0.611 bits per heavy atom. The van der Waals surface area contributed by atoms with Crippen molar-refractivity contribution < 1.29 is 0 Å². The summed E-state index contributed by atoms with van der Waals surface area (Å²) in [6.07, 6.45) is 0. The van der Waals surface area contributed by atoms with Gasteiger partial charge in [-0.2, -0.15) is 0 Å². The highest BCUT2D eigenvalue weighted by atomic mass is 14.7. The molecule has 0 unspecified atom stereocenters. The Kier molecular flexibility index (Phi) is 4.43. The van der Waals surface area contributed by atoms with E-state index in [2.05, 4.69) is 0 Å². The normalized spacial score (nSPS) is 9.44. The van der Waals surface area contributed by atoms with Crippen LogP contribution in [0, 0.1) is 13.8 Å². The molecule has 2 rings (SSSR count). The standard InChI is InChI=1S/2C7H10N2/c1-5-2-6(8)4-7(9)3-5;1-5-2-3-6(8)7(9)4-5/h2*2-4H,8-9H2,1H3. The summed E-state index contributed by atoms with van der Waals surface area (Å²) in [6.45, 7) is 3.95. The van der Waals surface area contributed by atoms with Gasteiger partial charge in [-0.1, -0.05) is 6.07 Å². The van der Waals surface area contributed by atoms with Crippen molar-refractivity contribution in [3.63, 3.8) is 0 Å². The van der Waals surface area contributed by atoms with Crippen LogP contribution >= 0.6 is 0 Å². The molecule has 0 saturated heterocycles. The number of benzene rings is 2. The number of rotatable bonds is 0. The molecule has 4 heteroatoms. The number of anilines is 4. The van der Waals surface area contributed by atoms with Crippen LogP contribution in [0.4, 0.5) is 22.7 Å². The van der Waals surface area contributed by atoms with Crippen LogP contribution in [-0.4, -0.2) is 0 Å². The van der Waals surface area contributed by atoms with Crippen LogP contribution in [0.3, 0.4) is 0 Å². The Hall–Kier alpha value is -2.36. The zero-order valence-corrected chi connectivity index (χ0v) is 10.8. The van der Waals surface area contributed by atoms with Crippen LogP contribution in [0.15, 0.2) is 36.4 Å². The molecular formula is C14H20N4. The third kappa shape index (κ3) is 4.25. The average Bonchev–Trinajstić information content (AvgIpc) is 2.23. The van der Waals surface area contributed by atoms with E-state index >= 15 is 0 Å². The van der Waals surface area contributed by atoms with Crippen molar-refractivity contribution in [2.45, 2.75) is 13.8 Å². The summed E-state index contributed by atoms with van der Waals surface area (Å²) < 4.78 is 0. The Labute approximate surface area is 108 Å². The minimum absolute atomic E-state index is 0.653. The second-order valence-electron chi connectivity index (χ2n) is 4.31. The number of hydrogen-bond acceptors (Lipinski definition) is 4. The van der Waals surface area contributed by atoms with Crippen LogP contribution in [0.1, 0.15) is 11.1 Å². The smallest absolute Gasteiger partial charge is 0.0550 e. The highest BCUT2D eigenvalue weighted by Gasteiger charge is 1.90. The van der Waals surface area contributed by atoms with Crippen molar-refractivity contribution in [3.8, 4) is 0 Å². The maximum Gasteiger partial charge on any atom is 0.0550 e. The topological polar surface area (TPSA) is 104 Å². The van der Waals surface area contributed by atoms with Crippen molar-refractivity contribution >= 4 is 22.7 Å². The van der Waals surface area contributed by atoms with Crippen LogP contribution in [-0.2, 0) is 0 Å². The molecule has 0 radical (unpaired) electrons. The first-order valence-corrected chi connectivity index (χ1v) is 5.62. The van der Waals surface area contributed by atoms with Gasteiger partial charge in [0, 0.05) is 11.4 Å². The second-order valence-corrected chi connectivity index (χ2v) is 4.31. The van der Waals surface area contributed by atoms with E-state index in [1.807, 2.05) is 44.2 Å². The van der Waals surface area contributed by atoms with E-state index in [1.54, 1.807) is 6.07 Å². The molecule has 0 bridgehead atoms. The molecule has 0 saturated carbocycles. The first kappa shape index (κ1) is 13.7. The molecule has 0 spiro atoms. The maximum absolute atomic E-state index is 5.50. The molecule has 2 aromatic rings. The van der Waals surface area contributed by atoms with E-state index in [1.165, 1.54) is 0 Å². The molecule has 0 amide bonds. The monoisotopic (exact) mass is 244 g/mol. The summed E-state index contributed by atoms with van der Waals surface area (Å²) in [7, 11) is 0. The fourth-order valence-corrected chi connectivity index (χ4v) is 1.54. The largest absolute Gasteiger partial charge is 0.399 e. The van der Waals surface area contributed by atoms with Gasteiger partial charge in [0.15, 0.2) is 0 Å². The highest BCUT2D eigenvalue weighted by Crippen LogP contribution is 2.14. The lowest BCUT2D eigenvalue weighted by atomic mass is 10.2. The van der Waals surface area contributed by atoms with Gasteiger partial charge in [0.25, 0.3) is 0 Å². The summed E-state index contributed by atoms with van der Waals surface area (Å²) in [5.41, 5.74) is 26.9. The molecule has 0 fully saturated rings. The van der Waals surface area contributed by atoms with Gasteiger partial charge in [0.2, 0.25) is 0 Å². The quantitative estimate of drug-likeness (QED) is 0.534. The van der Waals surface area contributed by atoms with Crippen molar-refractivity contribution in [2.24, 2.45) is 0 Å². The minimum atomic E-state index is 0.653. The van der Waals surface area contributed by atoms with Crippen molar-refractivity contribution in [3.05, 3.63) is 47.5 Å². The molecule has 0 heterocycles. The summed E-state index contributed by atoms with van der Waals surface area (Å²) in [5.74, 6) is 0. The lowest BCUT2D eigenvalue weighted by Gasteiger charge is -1.98. The fraction of sp³-hybridized carbons (Fsp3) is 0.143. The predicted molar refractivity (Wildman–Crippen MR) is 80.0 cm³/mol. The zero-order chi connectivity index (χ0) is 13.7. The van der Waals surface area contributed by atoms with Crippen LogP contribution in [0.5, 0.6) is 0 Å². The molecule has 4 nitrogen and oxygen atoms in total. The SMILES string of the molecule is Cc1cc(N)cc(N)c1.Cc1ccc(N)c(N)c1. The molecule has 0 aromatic heterocycles. The molecular weight excluding hydrogens is 224 g/mol. The number of nitrogens with two attached hydrogens (primary N) is 4. The summed E-state index contributed by atoms with van der Waals surface area (Å²) in [5, 5.41) is 0. The zero-order valence-electron chi connectivity index (χ0n) is 10.8. The van der Waals surface area contributed by atoms with Gasteiger partial charge in [-0.05, 0) is 55.3 Å². The lowest BCUT2D eigenvalue weighted by Crippen LogP contribution is -1.93. The lowest BCUT2D eigenvalue weighted by molar-refractivity contribution is 1.47. The molecule has 0 aliphatic carbocycles. The van der Waals surface area contributed by atoms with Gasteiger partial charge in [-0.3, -0.25) is 0 Å². The Balaban J connectivity index is 0.000000180. The van der Waals surface area contributed by atoms with Gasteiger partial charge in [-0.15, -0.1) is 0 Å². The third-order valence-electron chi connectivity index (χ3n) is 2.36. The van der Waals surface area contributed by atoms with Crippen molar-refractivity contribution in [1.82, 2.24) is 0 Å². The fourth-order valence-electron chi connectivity index (χ4n) is 1.54. The average molecular weight is 244 g/mol. The first-order chi connectivity index (χ1) is 8.38. The third-order valence-corrected chi connectivity index (χ3v) is 2.36. The van der Waals surface area contributed by atoms with Gasteiger partial charge in [0.1, 0.15) is 0 Å². The van der Waals surface area contributed by atoms with Crippen LogP contribution < -0.4 is 22.9 Å². The molecule has 96 valence electrons. The first-order valence-electron chi connectivity index (χ1n) is 5.62. The molecule has 8 N–H and O–H groups in total. The number of hydrogen-bond donors (Lipinski definition) is 4. The molecule has 18 heavy (non-hydrogen) atoms. The van der Waals surface area contributed by atoms with Crippen LogP contribution in [0.2, 0.25) is 0 Å². The minimum Gasteiger partial charge on any atom is -0.399 e. The van der Waals surface area contributed by atoms with Gasteiger partial charge >= 0.3 is 0 Å². The number of aryl methyl sites for hydroxylation is 2. The summed E-state index contributed by atoms with van der Waals surface area (Å²) >= 11 is 0. The maximum atomic E-state index is 5.50. The van der Waals surface area contributed by atoms with Crippen molar-refractivity contribution in [2.75, 3.05) is 22.9 Å². The van der Waals surface area contributed by atoms with E-state index in [-0.39, 0.29) is 0 Å². The van der Waals surface area contributed by atoms with Gasteiger partial charge in [-0.25, -0.2) is 0 Å². The van der Waals surface area contributed by atoms with Gasteiger partial charge < -0.3 is 22.9 Å². The Morgan fingerprint density at radius 3 is 1.56 bits per heavy atom. The van der Waals surface area contributed by atoms with E-state index in [4.69, 9.17) is 22.9 Å². The van der Waals surface area contributed by atoms with E-state index < -0.39 is 0 Å². The molecule has 2 aromatic carbocycles. The van der Waals surface area contributed by atoms with E-state index in [0.717, 1.165) is 22.5 Å². The predicted octanol–water partition coefficient (Wildman–Crippen LogP) is 2.32. The van der Waals surface area contributed by atoms with Gasteiger partial charge in [0.05, 0.1) is 11.4 Å². The van der Waals surface area contributed by atoms with Crippen molar-refractivity contribution in [1.29, 1.82) is 0 Å². The Bertz CT molecular complexity index is 485. The second kappa shape index (κ2) is 5.82. The molecule has 0 atom stereocenters. The Morgan fingerprint density at radius 2 is 1.17 bits per heavy atom. The molecule has 0 aliphatic rings. The van der Waals surface area contributed by atoms with Crippen LogP contribution in [0.25, 0.3) is 0 Å². The number of nitrogen functional groups attached to an aromatic ring is 4.